The van der Waals surface area contributed by atoms with Crippen LogP contribution in [0.4, 0.5) is 0 Å². The number of benzene rings is 3. The molecule has 0 nitrogen and oxygen atoms in total. The molecule has 2 aliphatic rings. The van der Waals surface area contributed by atoms with E-state index in [9.17, 15) is 0 Å². The Balaban J connectivity index is 1.61. The van der Waals surface area contributed by atoms with Crippen molar-refractivity contribution in [1.29, 1.82) is 0 Å². The molecule has 0 heteroatoms. The second kappa shape index (κ2) is 6.78. The van der Waals surface area contributed by atoms with E-state index in [-0.39, 0.29) is 0 Å². The van der Waals surface area contributed by atoms with Crippen LogP contribution in [0.2, 0.25) is 0 Å². The van der Waals surface area contributed by atoms with E-state index in [2.05, 4.69) is 93.6 Å². The van der Waals surface area contributed by atoms with Crippen LogP contribution in [0.1, 0.15) is 57.2 Å². The molecule has 3 aromatic carbocycles. The van der Waals surface area contributed by atoms with Crippen molar-refractivity contribution in [2.75, 3.05) is 0 Å². The largest absolute Gasteiger partial charge is 0.0763 e. The van der Waals surface area contributed by atoms with Crippen LogP contribution >= 0.6 is 0 Å². The minimum Gasteiger partial charge on any atom is -0.0763 e. The third-order valence-electron chi connectivity index (χ3n) is 6.90. The fourth-order valence-corrected chi connectivity index (χ4v) is 5.50. The van der Waals surface area contributed by atoms with E-state index in [4.69, 9.17) is 0 Å². The number of allylic oxidation sites excluding steroid dienone is 2. The normalized spacial score (nSPS) is 23.1. The average Bonchev–Trinajstić information content (AvgIpc) is 3.14. The summed E-state index contributed by atoms with van der Waals surface area (Å²) in [6, 6.07) is 25.3. The number of hydrogen-bond acceptors (Lipinski definition) is 0. The van der Waals surface area contributed by atoms with Gasteiger partial charge in [-0.05, 0) is 84.8 Å². The van der Waals surface area contributed by atoms with Crippen LogP contribution in [-0.4, -0.2) is 0 Å². The van der Waals surface area contributed by atoms with Gasteiger partial charge in [0.15, 0.2) is 0 Å². The topological polar surface area (TPSA) is 0 Å². The Bertz CT molecular complexity index is 1050. The van der Waals surface area contributed by atoms with Crippen molar-refractivity contribution in [2.24, 2.45) is 5.92 Å². The van der Waals surface area contributed by atoms with Crippen LogP contribution in [0, 0.1) is 26.7 Å². The second-order valence-electron chi connectivity index (χ2n) is 8.82. The molecule has 0 fully saturated rings. The third kappa shape index (κ3) is 2.92. The first-order valence-corrected chi connectivity index (χ1v) is 10.5. The van der Waals surface area contributed by atoms with Crippen molar-refractivity contribution in [3.8, 4) is 0 Å². The van der Waals surface area contributed by atoms with Crippen molar-refractivity contribution in [3.05, 3.63) is 112 Å². The highest BCUT2D eigenvalue weighted by atomic mass is 14.4. The molecule has 140 valence electrons. The van der Waals surface area contributed by atoms with Gasteiger partial charge in [0.1, 0.15) is 0 Å². The SMILES string of the molecule is Cc1ccc(C2=CC3C(c4ccc(C)cc4C)Cc4ccccc4C3C2)cc1. The predicted molar refractivity (Wildman–Crippen MR) is 119 cm³/mol. The van der Waals surface area contributed by atoms with Crippen molar-refractivity contribution in [1.82, 2.24) is 0 Å². The highest BCUT2D eigenvalue weighted by molar-refractivity contribution is 5.70. The molecule has 0 saturated carbocycles. The first-order chi connectivity index (χ1) is 13.6. The molecule has 0 heterocycles. The van der Waals surface area contributed by atoms with Crippen molar-refractivity contribution in [2.45, 2.75) is 45.4 Å². The lowest BCUT2D eigenvalue weighted by atomic mass is 9.67. The van der Waals surface area contributed by atoms with E-state index in [1.165, 1.54) is 33.4 Å². The molecule has 0 N–H and O–H groups in total. The summed E-state index contributed by atoms with van der Waals surface area (Å²) in [6.07, 6.45) is 4.92. The average molecular weight is 365 g/mol. The molecular formula is C28H28. The van der Waals surface area contributed by atoms with E-state index < -0.39 is 0 Å². The zero-order chi connectivity index (χ0) is 19.3. The Morgan fingerprint density at radius 3 is 2.18 bits per heavy atom. The minimum absolute atomic E-state index is 0.573. The quantitative estimate of drug-likeness (QED) is 0.453. The van der Waals surface area contributed by atoms with Gasteiger partial charge in [-0.25, -0.2) is 0 Å². The lowest BCUT2D eigenvalue weighted by Gasteiger charge is -2.36. The van der Waals surface area contributed by atoms with Gasteiger partial charge < -0.3 is 0 Å². The lowest BCUT2D eigenvalue weighted by Crippen LogP contribution is -2.25. The molecule has 0 radical (unpaired) electrons. The van der Waals surface area contributed by atoms with Gasteiger partial charge in [-0.3, -0.25) is 0 Å². The predicted octanol–water partition coefficient (Wildman–Crippen LogP) is 7.14. The van der Waals surface area contributed by atoms with Gasteiger partial charge in [-0.15, -0.1) is 0 Å². The van der Waals surface area contributed by atoms with Gasteiger partial charge in [-0.2, -0.15) is 0 Å². The van der Waals surface area contributed by atoms with E-state index in [1.807, 2.05) is 0 Å². The van der Waals surface area contributed by atoms with Gasteiger partial charge in [0.25, 0.3) is 0 Å². The zero-order valence-corrected chi connectivity index (χ0v) is 17.1. The molecule has 0 saturated heterocycles. The number of hydrogen-bond donors (Lipinski definition) is 0. The monoisotopic (exact) mass is 364 g/mol. The van der Waals surface area contributed by atoms with Crippen LogP contribution in [0.15, 0.2) is 72.8 Å². The lowest BCUT2D eigenvalue weighted by molar-refractivity contribution is 0.411. The van der Waals surface area contributed by atoms with Gasteiger partial charge in [-0.1, -0.05) is 83.9 Å². The fraction of sp³-hybridized carbons (Fsp3) is 0.286. The summed E-state index contributed by atoms with van der Waals surface area (Å²) in [5, 5.41) is 0. The fourth-order valence-electron chi connectivity index (χ4n) is 5.50. The molecule has 0 amide bonds. The first-order valence-electron chi connectivity index (χ1n) is 10.5. The van der Waals surface area contributed by atoms with Crippen molar-refractivity contribution < 1.29 is 0 Å². The molecule has 0 aliphatic heterocycles. The standard InChI is InChI=1S/C28H28/c1-18-8-11-21(12-9-18)23-16-27-25-7-5-4-6-22(25)15-26(28(27)17-23)24-13-10-19(2)14-20(24)3/h4-14,17,26-28H,15-16H2,1-3H3. The molecule has 28 heavy (non-hydrogen) atoms. The smallest absolute Gasteiger partial charge is 0.00495 e. The minimum atomic E-state index is 0.573. The third-order valence-corrected chi connectivity index (χ3v) is 6.90. The second-order valence-corrected chi connectivity index (χ2v) is 8.82. The maximum Gasteiger partial charge on any atom is -0.00495 e. The Morgan fingerprint density at radius 1 is 0.679 bits per heavy atom. The summed E-state index contributed by atoms with van der Waals surface area (Å²) in [4.78, 5) is 0. The Kier molecular flexibility index (Phi) is 4.23. The number of rotatable bonds is 2. The highest BCUT2D eigenvalue weighted by Gasteiger charge is 2.40. The molecule has 5 rings (SSSR count). The van der Waals surface area contributed by atoms with Crippen molar-refractivity contribution in [3.63, 3.8) is 0 Å². The molecule has 2 aliphatic carbocycles. The summed E-state index contributed by atoms with van der Waals surface area (Å²) in [5.74, 6) is 1.77. The maximum absolute atomic E-state index is 2.61. The molecule has 3 aromatic rings. The van der Waals surface area contributed by atoms with Gasteiger partial charge >= 0.3 is 0 Å². The number of aryl methyl sites for hydroxylation is 3. The van der Waals surface area contributed by atoms with Gasteiger partial charge in [0.2, 0.25) is 0 Å². The van der Waals surface area contributed by atoms with Crippen LogP contribution < -0.4 is 0 Å². The molecular weight excluding hydrogens is 336 g/mol. The van der Waals surface area contributed by atoms with Crippen molar-refractivity contribution >= 4 is 5.57 Å². The molecule has 0 spiro atoms. The molecule has 3 unspecified atom stereocenters. The highest BCUT2D eigenvalue weighted by Crippen LogP contribution is 2.53. The summed E-state index contributed by atoms with van der Waals surface area (Å²) >= 11 is 0. The number of fused-ring (bicyclic) bond motifs is 3. The zero-order valence-electron chi connectivity index (χ0n) is 17.1. The summed E-state index contributed by atoms with van der Waals surface area (Å²) in [7, 11) is 0. The van der Waals surface area contributed by atoms with E-state index in [0.717, 1.165) is 12.8 Å². The Morgan fingerprint density at radius 2 is 1.39 bits per heavy atom. The van der Waals surface area contributed by atoms with Crippen LogP contribution in [0.25, 0.3) is 5.57 Å². The molecule has 0 bridgehead atoms. The maximum atomic E-state index is 2.61. The Hall–Kier alpha value is -2.60. The molecule has 3 atom stereocenters. The van der Waals surface area contributed by atoms with E-state index >= 15 is 0 Å². The van der Waals surface area contributed by atoms with Gasteiger partial charge in [0, 0.05) is 0 Å². The van der Waals surface area contributed by atoms with E-state index in [1.54, 1.807) is 11.1 Å². The summed E-state index contributed by atoms with van der Waals surface area (Å²) in [6.45, 7) is 6.65. The summed E-state index contributed by atoms with van der Waals surface area (Å²) < 4.78 is 0. The van der Waals surface area contributed by atoms with Crippen LogP contribution in [0.3, 0.4) is 0 Å². The first kappa shape index (κ1) is 17.5. The Labute approximate surface area is 168 Å². The van der Waals surface area contributed by atoms with Crippen LogP contribution in [-0.2, 0) is 6.42 Å². The molecule has 0 aromatic heterocycles. The van der Waals surface area contributed by atoms with Gasteiger partial charge in [0.05, 0.1) is 0 Å². The van der Waals surface area contributed by atoms with Crippen LogP contribution in [0.5, 0.6) is 0 Å². The van der Waals surface area contributed by atoms with E-state index in [0.29, 0.717) is 17.8 Å². The summed E-state index contributed by atoms with van der Waals surface area (Å²) in [5.41, 5.74) is 11.7.